The highest BCUT2D eigenvalue weighted by atomic mass is 32.1. The Morgan fingerprint density at radius 1 is 1.12 bits per heavy atom. The number of benzene rings is 1. The number of nitrogens with zero attached hydrogens (tertiary/aromatic N) is 3. The van der Waals surface area contributed by atoms with Crippen LogP contribution in [0.3, 0.4) is 0 Å². The van der Waals surface area contributed by atoms with E-state index < -0.39 is 0 Å². The molecule has 0 unspecified atom stereocenters. The van der Waals surface area contributed by atoms with E-state index in [1.54, 1.807) is 11.3 Å². The van der Waals surface area contributed by atoms with Gasteiger partial charge in [-0.2, -0.15) is 0 Å². The van der Waals surface area contributed by atoms with E-state index in [4.69, 9.17) is 9.26 Å². The molecule has 0 saturated carbocycles. The molecule has 3 aromatic heterocycles. The van der Waals surface area contributed by atoms with E-state index in [1.807, 2.05) is 18.2 Å². The van der Waals surface area contributed by atoms with E-state index in [-0.39, 0.29) is 6.61 Å². The molecule has 0 aliphatic rings. The molecule has 0 aliphatic carbocycles. The molecule has 3 heterocycles. The lowest BCUT2D eigenvalue weighted by Crippen LogP contribution is -1.96. The van der Waals surface area contributed by atoms with Crippen LogP contribution >= 0.6 is 11.3 Å². The molecule has 0 bridgehead atoms. The normalized spacial score (nSPS) is 11.1. The summed E-state index contributed by atoms with van der Waals surface area (Å²) >= 11 is 1.67. The first-order valence-electron chi connectivity index (χ1n) is 8.12. The Hall–Kier alpha value is -2.73. The van der Waals surface area contributed by atoms with Gasteiger partial charge < -0.3 is 9.26 Å². The number of hydrogen-bond donors (Lipinski definition) is 0. The second-order valence-electron chi connectivity index (χ2n) is 5.80. The van der Waals surface area contributed by atoms with E-state index in [1.165, 1.54) is 16.8 Å². The molecule has 0 N–H and O–H groups in total. The molecule has 0 saturated heterocycles. The van der Waals surface area contributed by atoms with E-state index in [0.717, 1.165) is 27.9 Å². The van der Waals surface area contributed by atoms with E-state index in [2.05, 4.69) is 47.2 Å². The lowest BCUT2D eigenvalue weighted by molar-refractivity contribution is 0.244. The van der Waals surface area contributed by atoms with Crippen LogP contribution in [-0.2, 0) is 13.0 Å². The predicted molar refractivity (Wildman–Crippen MR) is 97.8 cm³/mol. The zero-order valence-electron chi connectivity index (χ0n) is 14.0. The SMILES string of the molecule is CCc1cc2c(OCc3cc(-c4ccc(C)cc4)no3)ncnc2s1. The highest BCUT2D eigenvalue weighted by Crippen LogP contribution is 2.30. The summed E-state index contributed by atoms with van der Waals surface area (Å²) < 4.78 is 11.2. The number of rotatable bonds is 5. The van der Waals surface area contributed by atoms with Crippen molar-refractivity contribution in [2.75, 3.05) is 0 Å². The smallest absolute Gasteiger partial charge is 0.225 e. The maximum absolute atomic E-state index is 5.85. The Bertz CT molecular complexity index is 1010. The van der Waals surface area contributed by atoms with Crippen molar-refractivity contribution in [2.24, 2.45) is 0 Å². The van der Waals surface area contributed by atoms with Crippen LogP contribution in [0.15, 0.2) is 47.2 Å². The summed E-state index contributed by atoms with van der Waals surface area (Å²) in [6.07, 6.45) is 2.51. The van der Waals surface area contributed by atoms with Crippen molar-refractivity contribution in [3.05, 3.63) is 58.9 Å². The molecule has 4 rings (SSSR count). The molecule has 0 fully saturated rings. The molecular weight excluding hydrogens is 334 g/mol. The van der Waals surface area contributed by atoms with Gasteiger partial charge in [-0.25, -0.2) is 9.97 Å². The van der Waals surface area contributed by atoms with Crippen molar-refractivity contribution >= 4 is 21.6 Å². The summed E-state index contributed by atoms with van der Waals surface area (Å²) in [5.74, 6) is 1.24. The second-order valence-corrected chi connectivity index (χ2v) is 6.91. The number of aromatic nitrogens is 3. The molecular formula is C19H17N3O2S. The Balaban J connectivity index is 1.52. The minimum atomic E-state index is 0.280. The molecule has 0 amide bonds. The highest BCUT2D eigenvalue weighted by molar-refractivity contribution is 7.18. The van der Waals surface area contributed by atoms with Crippen molar-refractivity contribution in [3.8, 4) is 17.1 Å². The zero-order valence-corrected chi connectivity index (χ0v) is 14.8. The van der Waals surface area contributed by atoms with Crippen LogP contribution in [0.5, 0.6) is 5.88 Å². The number of fused-ring (bicyclic) bond motifs is 1. The van der Waals surface area contributed by atoms with Gasteiger partial charge in [-0.3, -0.25) is 0 Å². The van der Waals surface area contributed by atoms with E-state index in [0.29, 0.717) is 11.6 Å². The first kappa shape index (κ1) is 15.8. The fourth-order valence-electron chi connectivity index (χ4n) is 2.55. The van der Waals surface area contributed by atoms with Crippen LogP contribution in [-0.4, -0.2) is 15.1 Å². The average Bonchev–Trinajstić information content (AvgIpc) is 3.27. The van der Waals surface area contributed by atoms with Gasteiger partial charge in [-0.15, -0.1) is 11.3 Å². The first-order valence-corrected chi connectivity index (χ1v) is 8.93. The van der Waals surface area contributed by atoms with Crippen LogP contribution in [0.25, 0.3) is 21.5 Å². The summed E-state index contributed by atoms with van der Waals surface area (Å²) in [6, 6.07) is 12.2. The van der Waals surface area contributed by atoms with Crippen molar-refractivity contribution in [1.82, 2.24) is 15.1 Å². The highest BCUT2D eigenvalue weighted by Gasteiger charge is 2.11. The maximum Gasteiger partial charge on any atom is 0.225 e. The Morgan fingerprint density at radius 3 is 2.76 bits per heavy atom. The largest absolute Gasteiger partial charge is 0.469 e. The summed E-state index contributed by atoms with van der Waals surface area (Å²) in [7, 11) is 0. The summed E-state index contributed by atoms with van der Waals surface area (Å²) in [6.45, 7) is 4.46. The van der Waals surface area contributed by atoms with Gasteiger partial charge in [-0.1, -0.05) is 41.9 Å². The van der Waals surface area contributed by atoms with Crippen molar-refractivity contribution in [1.29, 1.82) is 0 Å². The third kappa shape index (κ3) is 3.25. The molecule has 5 nitrogen and oxygen atoms in total. The lowest BCUT2D eigenvalue weighted by Gasteiger charge is -2.02. The molecule has 0 spiro atoms. The fraction of sp³-hybridized carbons (Fsp3) is 0.211. The molecule has 25 heavy (non-hydrogen) atoms. The monoisotopic (exact) mass is 351 g/mol. The van der Waals surface area contributed by atoms with Crippen LogP contribution < -0.4 is 4.74 Å². The maximum atomic E-state index is 5.85. The topological polar surface area (TPSA) is 61.0 Å². The first-order chi connectivity index (χ1) is 12.2. The number of ether oxygens (including phenoxy) is 1. The van der Waals surface area contributed by atoms with Gasteiger partial charge >= 0.3 is 0 Å². The summed E-state index contributed by atoms with van der Waals surface area (Å²) in [5.41, 5.74) is 3.04. The molecule has 0 atom stereocenters. The van der Waals surface area contributed by atoms with Gasteiger partial charge in [0.05, 0.1) is 5.39 Å². The second kappa shape index (κ2) is 6.64. The molecule has 0 radical (unpaired) electrons. The Labute approximate surface area is 149 Å². The van der Waals surface area contributed by atoms with Gasteiger partial charge in [0.1, 0.15) is 16.9 Å². The van der Waals surface area contributed by atoms with Crippen molar-refractivity contribution in [3.63, 3.8) is 0 Å². The summed E-state index contributed by atoms with van der Waals surface area (Å²) in [5, 5.41) is 5.07. The molecule has 1 aromatic carbocycles. The molecule has 6 heteroatoms. The lowest BCUT2D eigenvalue weighted by atomic mass is 10.1. The Kier molecular flexibility index (Phi) is 4.19. The third-order valence-electron chi connectivity index (χ3n) is 3.95. The van der Waals surface area contributed by atoms with Crippen LogP contribution in [0, 0.1) is 6.92 Å². The van der Waals surface area contributed by atoms with Crippen LogP contribution in [0.4, 0.5) is 0 Å². The molecule has 126 valence electrons. The van der Waals surface area contributed by atoms with Gasteiger partial charge in [0.2, 0.25) is 5.88 Å². The Morgan fingerprint density at radius 2 is 1.96 bits per heavy atom. The number of thiophene rings is 1. The molecule has 4 aromatic rings. The molecule has 0 aliphatic heterocycles. The third-order valence-corrected chi connectivity index (χ3v) is 5.14. The van der Waals surface area contributed by atoms with E-state index >= 15 is 0 Å². The quantitative estimate of drug-likeness (QED) is 0.517. The minimum Gasteiger partial charge on any atom is -0.469 e. The van der Waals surface area contributed by atoms with Crippen molar-refractivity contribution in [2.45, 2.75) is 26.9 Å². The summed E-state index contributed by atoms with van der Waals surface area (Å²) in [4.78, 5) is 10.8. The minimum absolute atomic E-state index is 0.280. The van der Waals surface area contributed by atoms with Gasteiger partial charge in [-0.05, 0) is 19.4 Å². The standard InChI is InChI=1S/C19H17N3O2S/c1-3-15-9-16-18(20-11-21-19(16)25-15)23-10-14-8-17(22-24-14)13-6-4-12(2)5-7-13/h4-9,11H,3,10H2,1-2H3. The number of hydrogen-bond acceptors (Lipinski definition) is 6. The average molecular weight is 351 g/mol. The zero-order chi connectivity index (χ0) is 17.2. The van der Waals surface area contributed by atoms with Crippen LogP contribution in [0.2, 0.25) is 0 Å². The number of aryl methyl sites for hydroxylation is 2. The fourth-order valence-corrected chi connectivity index (χ4v) is 3.48. The van der Waals surface area contributed by atoms with Crippen LogP contribution in [0.1, 0.15) is 23.1 Å². The van der Waals surface area contributed by atoms with Gasteiger partial charge in [0.15, 0.2) is 12.4 Å². The van der Waals surface area contributed by atoms with Crippen molar-refractivity contribution < 1.29 is 9.26 Å². The van der Waals surface area contributed by atoms with E-state index in [9.17, 15) is 0 Å². The predicted octanol–water partition coefficient (Wildman–Crippen LogP) is 4.80. The van der Waals surface area contributed by atoms with Gasteiger partial charge in [0.25, 0.3) is 0 Å². The van der Waals surface area contributed by atoms with Gasteiger partial charge in [0, 0.05) is 16.5 Å².